The number of esters is 1. The normalized spacial score (nSPS) is 11.4. The number of carbonyl (C=O) groups excluding carboxylic acids is 2. The molecule has 4 nitrogen and oxygen atoms in total. The summed E-state index contributed by atoms with van der Waals surface area (Å²) >= 11 is 0. The molecule has 1 amide bonds. The van der Waals surface area contributed by atoms with Gasteiger partial charge in [-0.25, -0.2) is 4.79 Å². The Bertz CT molecular complexity index is 779. The molecule has 0 aliphatic rings. The van der Waals surface area contributed by atoms with Crippen molar-refractivity contribution in [1.29, 1.82) is 0 Å². The van der Waals surface area contributed by atoms with Crippen molar-refractivity contribution in [2.75, 3.05) is 12.4 Å². The van der Waals surface area contributed by atoms with Gasteiger partial charge < -0.3 is 10.1 Å². The summed E-state index contributed by atoms with van der Waals surface area (Å²) in [7, 11) is 1.27. The van der Waals surface area contributed by atoms with Crippen molar-refractivity contribution in [2.24, 2.45) is 0 Å². The minimum Gasteiger partial charge on any atom is -0.465 e. The van der Waals surface area contributed by atoms with Gasteiger partial charge >= 0.3 is 12.1 Å². The first kappa shape index (κ1) is 18.3. The number of alkyl halides is 3. The van der Waals surface area contributed by atoms with Crippen molar-refractivity contribution in [3.63, 3.8) is 0 Å². The van der Waals surface area contributed by atoms with Gasteiger partial charge in [0, 0.05) is 11.8 Å². The summed E-state index contributed by atoms with van der Waals surface area (Å²) in [5.74, 6) is -0.939. The molecule has 0 aliphatic heterocycles. The number of carbonyl (C=O) groups is 2. The van der Waals surface area contributed by atoms with Crippen LogP contribution in [-0.2, 0) is 15.7 Å². The van der Waals surface area contributed by atoms with Crippen LogP contribution in [-0.4, -0.2) is 19.0 Å². The molecule has 0 heterocycles. The fourth-order valence-corrected chi connectivity index (χ4v) is 1.95. The van der Waals surface area contributed by atoms with Crippen LogP contribution < -0.4 is 5.32 Å². The first-order valence-corrected chi connectivity index (χ1v) is 7.14. The quantitative estimate of drug-likeness (QED) is 0.667. The molecule has 7 heteroatoms. The van der Waals surface area contributed by atoms with E-state index in [0.29, 0.717) is 16.8 Å². The number of rotatable bonds is 4. The summed E-state index contributed by atoms with van der Waals surface area (Å²) in [6, 6.07) is 10.5. The van der Waals surface area contributed by atoms with E-state index in [1.54, 1.807) is 0 Å². The molecule has 0 radical (unpaired) electrons. The van der Waals surface area contributed by atoms with Gasteiger partial charge in [0.25, 0.3) is 0 Å². The predicted octanol–water partition coefficient (Wildman–Crippen LogP) is 4.14. The highest BCUT2D eigenvalue weighted by molar-refractivity contribution is 6.02. The summed E-state index contributed by atoms with van der Waals surface area (Å²) in [6.45, 7) is 0. The second-order valence-electron chi connectivity index (χ2n) is 5.01. The Balaban J connectivity index is 1.97. The third-order valence-electron chi connectivity index (χ3n) is 3.24. The number of anilines is 1. The molecule has 0 spiro atoms. The number of nitrogens with one attached hydrogen (secondary N) is 1. The van der Waals surface area contributed by atoms with E-state index in [-0.39, 0.29) is 0 Å². The fourth-order valence-electron chi connectivity index (χ4n) is 1.95. The van der Waals surface area contributed by atoms with Crippen LogP contribution in [0.25, 0.3) is 6.08 Å². The van der Waals surface area contributed by atoms with Crippen LogP contribution >= 0.6 is 0 Å². The molecule has 2 aromatic rings. The molecule has 0 bridgehead atoms. The molecular weight excluding hydrogens is 335 g/mol. The zero-order chi connectivity index (χ0) is 18.4. The van der Waals surface area contributed by atoms with Crippen LogP contribution in [0.2, 0.25) is 0 Å². The lowest BCUT2D eigenvalue weighted by Gasteiger charge is -2.06. The highest BCUT2D eigenvalue weighted by Crippen LogP contribution is 2.29. The van der Waals surface area contributed by atoms with E-state index in [1.807, 2.05) is 0 Å². The number of amides is 1. The zero-order valence-electron chi connectivity index (χ0n) is 13.1. The molecule has 1 N–H and O–H groups in total. The lowest BCUT2D eigenvalue weighted by atomic mass is 10.1. The van der Waals surface area contributed by atoms with Crippen LogP contribution in [0.5, 0.6) is 0 Å². The molecule has 0 unspecified atom stereocenters. The SMILES string of the molecule is COC(=O)c1ccc(NC(=O)/C=C/c2ccc(C(F)(F)F)cc2)cc1. The molecule has 0 saturated carbocycles. The Morgan fingerprint density at radius 2 is 1.60 bits per heavy atom. The Labute approximate surface area is 141 Å². The topological polar surface area (TPSA) is 55.4 Å². The first-order valence-electron chi connectivity index (χ1n) is 7.14. The summed E-state index contributed by atoms with van der Waals surface area (Å²) in [5, 5.41) is 2.57. The van der Waals surface area contributed by atoms with Crippen molar-refractivity contribution in [3.05, 3.63) is 71.3 Å². The monoisotopic (exact) mass is 349 g/mol. The molecular formula is C18H14F3NO3. The number of hydrogen-bond donors (Lipinski definition) is 1. The van der Waals surface area contributed by atoms with Gasteiger partial charge in [-0.05, 0) is 48.0 Å². The standard InChI is InChI=1S/C18H14F3NO3/c1-25-17(24)13-5-9-15(10-6-13)22-16(23)11-4-12-2-7-14(8-3-12)18(19,20)21/h2-11H,1H3,(H,22,23)/b11-4+. The third-order valence-corrected chi connectivity index (χ3v) is 3.24. The first-order chi connectivity index (χ1) is 11.8. The van der Waals surface area contributed by atoms with Crippen molar-refractivity contribution in [2.45, 2.75) is 6.18 Å². The Hall–Kier alpha value is -3.09. The number of methoxy groups -OCH3 is 1. The van der Waals surface area contributed by atoms with Crippen LogP contribution in [0.15, 0.2) is 54.6 Å². The Morgan fingerprint density at radius 3 is 2.12 bits per heavy atom. The van der Waals surface area contributed by atoms with Gasteiger partial charge in [0.15, 0.2) is 0 Å². The van der Waals surface area contributed by atoms with E-state index in [2.05, 4.69) is 10.1 Å². The molecule has 25 heavy (non-hydrogen) atoms. The van der Waals surface area contributed by atoms with Gasteiger partial charge in [-0.3, -0.25) is 4.79 Å². The largest absolute Gasteiger partial charge is 0.465 e. The van der Waals surface area contributed by atoms with Gasteiger partial charge in [0.1, 0.15) is 0 Å². The lowest BCUT2D eigenvalue weighted by molar-refractivity contribution is -0.137. The molecule has 0 aliphatic carbocycles. The summed E-state index contributed by atoms with van der Waals surface area (Å²) in [6.07, 6.45) is -1.79. The molecule has 2 aromatic carbocycles. The van der Waals surface area contributed by atoms with E-state index < -0.39 is 23.6 Å². The molecule has 0 saturated heterocycles. The van der Waals surface area contributed by atoms with Crippen LogP contribution in [0.4, 0.5) is 18.9 Å². The molecule has 0 fully saturated rings. The van der Waals surface area contributed by atoms with E-state index in [4.69, 9.17) is 0 Å². The summed E-state index contributed by atoms with van der Waals surface area (Å²) < 4.78 is 42.0. The predicted molar refractivity (Wildman–Crippen MR) is 86.9 cm³/mol. The maximum atomic E-state index is 12.5. The van der Waals surface area contributed by atoms with Gasteiger partial charge in [0.2, 0.25) is 5.91 Å². The maximum Gasteiger partial charge on any atom is 0.416 e. The van der Waals surface area contributed by atoms with Gasteiger partial charge in [-0.1, -0.05) is 12.1 Å². The van der Waals surface area contributed by atoms with Crippen molar-refractivity contribution in [1.82, 2.24) is 0 Å². The summed E-state index contributed by atoms with van der Waals surface area (Å²) in [4.78, 5) is 23.1. The van der Waals surface area contributed by atoms with Crippen molar-refractivity contribution < 1.29 is 27.5 Å². The minimum atomic E-state index is -4.39. The van der Waals surface area contributed by atoms with E-state index in [9.17, 15) is 22.8 Å². The molecule has 2 rings (SSSR count). The van der Waals surface area contributed by atoms with Gasteiger partial charge in [-0.2, -0.15) is 13.2 Å². The van der Waals surface area contributed by atoms with Crippen LogP contribution in [0.1, 0.15) is 21.5 Å². The van der Waals surface area contributed by atoms with E-state index in [0.717, 1.165) is 12.1 Å². The molecule has 130 valence electrons. The second kappa shape index (κ2) is 7.65. The highest BCUT2D eigenvalue weighted by Gasteiger charge is 2.29. The van der Waals surface area contributed by atoms with Crippen molar-refractivity contribution in [3.8, 4) is 0 Å². The van der Waals surface area contributed by atoms with Crippen molar-refractivity contribution >= 4 is 23.6 Å². The number of ether oxygens (including phenoxy) is 1. The molecule has 0 atom stereocenters. The molecule has 0 aromatic heterocycles. The Morgan fingerprint density at radius 1 is 1.00 bits per heavy atom. The van der Waals surface area contributed by atoms with E-state index >= 15 is 0 Å². The zero-order valence-corrected chi connectivity index (χ0v) is 13.1. The number of benzene rings is 2. The lowest BCUT2D eigenvalue weighted by Crippen LogP contribution is -2.08. The third kappa shape index (κ3) is 5.20. The van der Waals surface area contributed by atoms with E-state index in [1.165, 1.54) is 55.7 Å². The average Bonchev–Trinajstić information content (AvgIpc) is 2.59. The van der Waals surface area contributed by atoms with Gasteiger partial charge in [0.05, 0.1) is 18.2 Å². The van der Waals surface area contributed by atoms with Crippen LogP contribution in [0.3, 0.4) is 0 Å². The number of hydrogen-bond acceptors (Lipinski definition) is 3. The van der Waals surface area contributed by atoms with Crippen LogP contribution in [0, 0.1) is 0 Å². The number of halogens is 3. The highest BCUT2D eigenvalue weighted by atomic mass is 19.4. The minimum absolute atomic E-state index is 0.348. The average molecular weight is 349 g/mol. The smallest absolute Gasteiger partial charge is 0.416 e. The Kier molecular flexibility index (Phi) is 5.59. The van der Waals surface area contributed by atoms with Gasteiger partial charge in [-0.15, -0.1) is 0 Å². The summed E-state index contributed by atoms with van der Waals surface area (Å²) in [5.41, 5.74) is 0.527. The fraction of sp³-hybridized carbons (Fsp3) is 0.111. The maximum absolute atomic E-state index is 12.5. The second-order valence-corrected chi connectivity index (χ2v) is 5.01.